The third kappa shape index (κ3) is 3.31. The van der Waals surface area contributed by atoms with E-state index in [2.05, 4.69) is 6.58 Å². The van der Waals surface area contributed by atoms with E-state index < -0.39 is 12.1 Å². The van der Waals surface area contributed by atoms with Gasteiger partial charge in [-0.25, -0.2) is 4.79 Å². The van der Waals surface area contributed by atoms with Crippen molar-refractivity contribution in [2.24, 2.45) is 0 Å². The lowest BCUT2D eigenvalue weighted by Crippen LogP contribution is -2.10. The minimum atomic E-state index is -0.688. The number of hydrogen-bond acceptors (Lipinski definition) is 5. The van der Waals surface area contributed by atoms with E-state index in [9.17, 15) is 15.0 Å². The molecule has 104 valence electrons. The van der Waals surface area contributed by atoms with Gasteiger partial charge in [-0.05, 0) is 42.5 Å². The number of ether oxygens (including phenoxy) is 2. The summed E-state index contributed by atoms with van der Waals surface area (Å²) in [6, 6.07) is 1.43. The zero-order valence-electron chi connectivity index (χ0n) is 10.9. The number of carbonyl (C=O) groups is 1. The SMILES string of the molecule is C=C(C)C(=O)OC(C)c1cc(OC)c(O)c(I)c1O. The molecule has 19 heavy (non-hydrogen) atoms. The molecule has 1 atom stereocenters. The molecular formula is C13H15IO5. The van der Waals surface area contributed by atoms with Gasteiger partial charge >= 0.3 is 5.97 Å². The van der Waals surface area contributed by atoms with Crippen LogP contribution in [-0.4, -0.2) is 23.3 Å². The Morgan fingerprint density at radius 3 is 2.47 bits per heavy atom. The normalized spacial score (nSPS) is 11.8. The molecule has 1 rings (SSSR count). The summed E-state index contributed by atoms with van der Waals surface area (Å²) in [4.78, 5) is 11.5. The van der Waals surface area contributed by atoms with E-state index in [4.69, 9.17) is 9.47 Å². The monoisotopic (exact) mass is 378 g/mol. The van der Waals surface area contributed by atoms with Gasteiger partial charge in [0, 0.05) is 11.1 Å². The third-order valence-corrected chi connectivity index (χ3v) is 3.52. The zero-order chi connectivity index (χ0) is 14.7. The van der Waals surface area contributed by atoms with Crippen LogP contribution in [0.3, 0.4) is 0 Å². The Hall–Kier alpha value is -1.44. The Balaban J connectivity index is 3.16. The minimum Gasteiger partial charge on any atom is -0.506 e. The van der Waals surface area contributed by atoms with Crippen molar-refractivity contribution in [3.8, 4) is 17.2 Å². The van der Waals surface area contributed by atoms with Gasteiger partial charge in [0.05, 0.1) is 7.11 Å². The first kappa shape index (κ1) is 15.6. The number of esters is 1. The Bertz CT molecular complexity index is 524. The van der Waals surface area contributed by atoms with Crippen LogP contribution in [0.1, 0.15) is 25.5 Å². The summed E-state index contributed by atoms with van der Waals surface area (Å²) in [5.41, 5.74) is 0.625. The van der Waals surface area contributed by atoms with Gasteiger partial charge in [-0.2, -0.15) is 0 Å². The molecule has 0 saturated heterocycles. The number of carbonyl (C=O) groups excluding carboxylic acids is 1. The second-order valence-electron chi connectivity index (χ2n) is 4.01. The predicted molar refractivity (Wildman–Crippen MR) is 78.4 cm³/mol. The maximum Gasteiger partial charge on any atom is 0.333 e. The number of methoxy groups -OCH3 is 1. The molecule has 1 aromatic rings. The van der Waals surface area contributed by atoms with Gasteiger partial charge in [0.1, 0.15) is 15.4 Å². The van der Waals surface area contributed by atoms with Crippen LogP contribution in [0.4, 0.5) is 0 Å². The molecule has 6 heteroatoms. The molecule has 0 heterocycles. The summed E-state index contributed by atoms with van der Waals surface area (Å²) in [5.74, 6) is -0.631. The molecule has 0 radical (unpaired) electrons. The molecule has 0 aromatic heterocycles. The number of phenols is 2. The van der Waals surface area contributed by atoms with Crippen LogP contribution in [0, 0.1) is 3.57 Å². The third-order valence-electron chi connectivity index (χ3n) is 2.50. The van der Waals surface area contributed by atoms with Crippen LogP contribution < -0.4 is 4.74 Å². The molecule has 0 fully saturated rings. The zero-order valence-corrected chi connectivity index (χ0v) is 13.0. The fraction of sp³-hybridized carbons (Fsp3) is 0.308. The second-order valence-corrected chi connectivity index (χ2v) is 5.09. The lowest BCUT2D eigenvalue weighted by molar-refractivity contribution is -0.143. The molecule has 0 bridgehead atoms. The lowest BCUT2D eigenvalue weighted by atomic mass is 10.1. The Kier molecular flexibility index (Phi) is 5.04. The Labute approximate surface area is 125 Å². The van der Waals surface area contributed by atoms with Gasteiger partial charge in [0.25, 0.3) is 0 Å². The number of benzene rings is 1. The van der Waals surface area contributed by atoms with Crippen LogP contribution in [-0.2, 0) is 9.53 Å². The van der Waals surface area contributed by atoms with Gasteiger partial charge in [0.15, 0.2) is 11.5 Å². The molecule has 0 aliphatic rings. The fourth-order valence-electron chi connectivity index (χ4n) is 1.42. The molecular weight excluding hydrogens is 363 g/mol. The molecule has 0 saturated carbocycles. The summed E-state index contributed by atoms with van der Waals surface area (Å²) < 4.78 is 10.4. The van der Waals surface area contributed by atoms with E-state index in [1.54, 1.807) is 29.5 Å². The van der Waals surface area contributed by atoms with Gasteiger partial charge in [-0.1, -0.05) is 6.58 Å². The van der Waals surface area contributed by atoms with Gasteiger partial charge in [0.2, 0.25) is 0 Å². The van der Waals surface area contributed by atoms with E-state index in [0.29, 0.717) is 5.56 Å². The predicted octanol–water partition coefficient (Wildman–Crippen LogP) is 2.89. The summed E-state index contributed by atoms with van der Waals surface area (Å²) in [7, 11) is 1.40. The number of phenolic OH excluding ortho intramolecular Hbond substituents is 2. The van der Waals surface area contributed by atoms with Crippen molar-refractivity contribution in [1.82, 2.24) is 0 Å². The highest BCUT2D eigenvalue weighted by Gasteiger charge is 2.22. The van der Waals surface area contributed by atoms with Crippen molar-refractivity contribution >= 4 is 28.6 Å². The maximum absolute atomic E-state index is 11.5. The van der Waals surface area contributed by atoms with Crippen molar-refractivity contribution in [2.45, 2.75) is 20.0 Å². The Morgan fingerprint density at radius 1 is 1.42 bits per heavy atom. The Morgan fingerprint density at radius 2 is 2.00 bits per heavy atom. The van der Waals surface area contributed by atoms with Crippen LogP contribution in [0.2, 0.25) is 0 Å². The van der Waals surface area contributed by atoms with E-state index >= 15 is 0 Å². The molecule has 0 aliphatic carbocycles. The summed E-state index contributed by atoms with van der Waals surface area (Å²) in [6.07, 6.45) is -0.688. The van der Waals surface area contributed by atoms with E-state index in [0.717, 1.165) is 0 Å². The van der Waals surface area contributed by atoms with Crippen molar-refractivity contribution in [2.75, 3.05) is 7.11 Å². The average Bonchev–Trinajstić information content (AvgIpc) is 2.36. The van der Waals surface area contributed by atoms with Crippen molar-refractivity contribution in [3.05, 3.63) is 27.4 Å². The van der Waals surface area contributed by atoms with E-state index in [1.807, 2.05) is 0 Å². The minimum absolute atomic E-state index is 0.138. The van der Waals surface area contributed by atoms with Crippen LogP contribution in [0.5, 0.6) is 17.2 Å². The molecule has 0 aliphatic heterocycles. The van der Waals surface area contributed by atoms with E-state index in [1.165, 1.54) is 20.1 Å². The van der Waals surface area contributed by atoms with Crippen LogP contribution in [0.15, 0.2) is 18.2 Å². The van der Waals surface area contributed by atoms with Crippen LogP contribution >= 0.6 is 22.6 Å². The van der Waals surface area contributed by atoms with Gasteiger partial charge < -0.3 is 19.7 Å². The molecule has 5 nitrogen and oxygen atoms in total. The largest absolute Gasteiger partial charge is 0.506 e. The molecule has 1 aromatic carbocycles. The average molecular weight is 378 g/mol. The van der Waals surface area contributed by atoms with Gasteiger partial charge in [-0.3, -0.25) is 0 Å². The number of aromatic hydroxyl groups is 2. The highest BCUT2D eigenvalue weighted by molar-refractivity contribution is 14.1. The summed E-state index contributed by atoms with van der Waals surface area (Å²) >= 11 is 1.79. The number of halogens is 1. The summed E-state index contributed by atoms with van der Waals surface area (Å²) in [5, 5.41) is 19.7. The first-order valence-corrected chi connectivity index (χ1v) is 6.52. The first-order valence-electron chi connectivity index (χ1n) is 5.44. The standard InChI is InChI=1S/C13H15IO5/c1-6(2)13(17)19-7(3)8-5-9(18-4)12(16)10(14)11(8)15/h5,7,15-16H,1H2,2-4H3. The first-order chi connectivity index (χ1) is 8.79. The summed E-state index contributed by atoms with van der Waals surface area (Å²) in [6.45, 7) is 6.64. The molecule has 1 unspecified atom stereocenters. The second kappa shape index (κ2) is 6.14. The molecule has 0 spiro atoms. The smallest absolute Gasteiger partial charge is 0.333 e. The number of hydrogen-bond donors (Lipinski definition) is 2. The van der Waals surface area contributed by atoms with Crippen molar-refractivity contribution in [3.63, 3.8) is 0 Å². The molecule has 2 N–H and O–H groups in total. The van der Waals surface area contributed by atoms with Crippen molar-refractivity contribution < 1.29 is 24.5 Å². The van der Waals surface area contributed by atoms with E-state index in [-0.39, 0.29) is 26.4 Å². The maximum atomic E-state index is 11.5. The van der Waals surface area contributed by atoms with Crippen molar-refractivity contribution in [1.29, 1.82) is 0 Å². The fourth-order valence-corrected chi connectivity index (χ4v) is 1.99. The van der Waals surface area contributed by atoms with Gasteiger partial charge in [-0.15, -0.1) is 0 Å². The highest BCUT2D eigenvalue weighted by Crippen LogP contribution is 2.42. The topological polar surface area (TPSA) is 76.0 Å². The quantitative estimate of drug-likeness (QED) is 0.479. The number of rotatable bonds is 4. The highest BCUT2D eigenvalue weighted by atomic mass is 127. The lowest BCUT2D eigenvalue weighted by Gasteiger charge is -2.17. The molecule has 0 amide bonds. The van der Waals surface area contributed by atoms with Crippen LogP contribution in [0.25, 0.3) is 0 Å².